The molecule has 7 nitrogen and oxygen atoms in total. The van der Waals surface area contributed by atoms with Gasteiger partial charge in [0.2, 0.25) is 0 Å². The maximum atomic E-state index is 10.8. The smallest absolute Gasteiger partial charge is 0.174 e. The number of anilines is 2. The zero-order valence-electron chi connectivity index (χ0n) is 21.5. The number of nitrogens with one attached hydrogen (secondary N) is 1. The van der Waals surface area contributed by atoms with Crippen LogP contribution in [0.15, 0.2) is 79.0 Å². The third kappa shape index (κ3) is 4.29. The van der Waals surface area contributed by atoms with Crippen LogP contribution in [0.25, 0.3) is 5.69 Å². The van der Waals surface area contributed by atoms with E-state index in [1.807, 2.05) is 41.3 Å². The highest BCUT2D eigenvalue weighted by Crippen LogP contribution is 2.45. The summed E-state index contributed by atoms with van der Waals surface area (Å²) in [5.41, 5.74) is 7.29. The standard InChI is InChI=1S/C30H31N5O2S/c1-20-19-24(21(2)34(20)23-12-10-22(11-13-23)33-15-17-37-18-16-33)29-28(25-7-5-6-14-31-25)32-30(38)35(29)26-8-3-4-9-27(26)36/h3-14,19,28-29,36H,15-18H2,1-2H3,(H,32,38)/t28-,29+/m0/s1. The van der Waals surface area contributed by atoms with E-state index in [2.05, 4.69) is 63.9 Å². The van der Waals surface area contributed by atoms with Gasteiger partial charge in [-0.3, -0.25) is 4.98 Å². The van der Waals surface area contributed by atoms with E-state index in [4.69, 9.17) is 17.0 Å². The Morgan fingerprint density at radius 2 is 1.66 bits per heavy atom. The SMILES string of the molecule is Cc1cc([C@@H]2[C@H](c3ccccn3)NC(=S)N2c2ccccc2O)c(C)n1-c1ccc(N2CCOCC2)cc1. The van der Waals surface area contributed by atoms with Crippen LogP contribution in [0.3, 0.4) is 0 Å². The number of phenolic OH excluding ortho intramolecular Hbond substituents is 1. The second-order valence-corrected chi connectivity index (χ2v) is 10.1. The number of hydrogen-bond donors (Lipinski definition) is 2. The molecule has 2 aliphatic rings. The molecule has 4 heterocycles. The maximum Gasteiger partial charge on any atom is 0.174 e. The van der Waals surface area contributed by atoms with Crippen molar-refractivity contribution in [3.05, 3.63) is 102 Å². The predicted molar refractivity (Wildman–Crippen MR) is 154 cm³/mol. The number of aryl methyl sites for hydroxylation is 1. The number of para-hydroxylation sites is 2. The number of aromatic hydroxyl groups is 1. The summed E-state index contributed by atoms with van der Waals surface area (Å²) in [4.78, 5) is 9.05. The van der Waals surface area contributed by atoms with Crippen molar-refractivity contribution < 1.29 is 9.84 Å². The largest absolute Gasteiger partial charge is 0.506 e. The number of benzene rings is 2. The lowest BCUT2D eigenvalue weighted by Gasteiger charge is -2.29. The molecule has 2 aromatic heterocycles. The molecule has 0 bridgehead atoms. The van der Waals surface area contributed by atoms with Gasteiger partial charge in [0.25, 0.3) is 0 Å². The number of phenols is 1. The number of rotatable bonds is 5. The quantitative estimate of drug-likeness (QED) is 0.347. The van der Waals surface area contributed by atoms with E-state index < -0.39 is 0 Å². The molecular formula is C30H31N5O2S. The normalized spacial score (nSPS) is 19.6. The van der Waals surface area contributed by atoms with Gasteiger partial charge in [-0.15, -0.1) is 0 Å². The third-order valence-corrected chi connectivity index (χ3v) is 7.83. The van der Waals surface area contributed by atoms with Gasteiger partial charge in [0.15, 0.2) is 5.11 Å². The molecule has 4 aromatic rings. The molecule has 0 aliphatic carbocycles. The van der Waals surface area contributed by atoms with Crippen molar-refractivity contribution in [1.29, 1.82) is 0 Å². The molecule has 0 spiro atoms. The van der Waals surface area contributed by atoms with Gasteiger partial charge in [-0.1, -0.05) is 18.2 Å². The van der Waals surface area contributed by atoms with Gasteiger partial charge in [-0.2, -0.15) is 0 Å². The van der Waals surface area contributed by atoms with E-state index in [0.29, 0.717) is 10.8 Å². The molecule has 2 N–H and O–H groups in total. The molecule has 0 saturated carbocycles. The van der Waals surface area contributed by atoms with Crippen molar-refractivity contribution in [2.75, 3.05) is 36.1 Å². The van der Waals surface area contributed by atoms with Crippen molar-refractivity contribution in [2.24, 2.45) is 0 Å². The van der Waals surface area contributed by atoms with Crippen LogP contribution in [-0.4, -0.2) is 46.1 Å². The van der Waals surface area contributed by atoms with Crippen LogP contribution in [0.2, 0.25) is 0 Å². The lowest BCUT2D eigenvalue weighted by molar-refractivity contribution is 0.122. The van der Waals surface area contributed by atoms with Crippen molar-refractivity contribution in [3.8, 4) is 11.4 Å². The fraction of sp³-hybridized carbons (Fsp3) is 0.267. The molecule has 0 radical (unpaired) electrons. The summed E-state index contributed by atoms with van der Waals surface area (Å²) in [5, 5.41) is 14.8. The fourth-order valence-corrected chi connectivity index (χ4v) is 6.06. The molecule has 2 saturated heterocycles. The molecule has 6 rings (SSSR count). The topological polar surface area (TPSA) is 65.8 Å². The van der Waals surface area contributed by atoms with Gasteiger partial charge in [-0.05, 0) is 86.2 Å². The fourth-order valence-electron chi connectivity index (χ4n) is 5.72. The van der Waals surface area contributed by atoms with Crippen LogP contribution < -0.4 is 15.1 Å². The summed E-state index contributed by atoms with van der Waals surface area (Å²) in [7, 11) is 0. The number of morpholine rings is 1. The van der Waals surface area contributed by atoms with Gasteiger partial charge >= 0.3 is 0 Å². The van der Waals surface area contributed by atoms with Crippen LogP contribution in [0, 0.1) is 13.8 Å². The van der Waals surface area contributed by atoms with E-state index >= 15 is 0 Å². The Morgan fingerprint density at radius 3 is 2.37 bits per heavy atom. The highest BCUT2D eigenvalue weighted by molar-refractivity contribution is 7.80. The highest BCUT2D eigenvalue weighted by Gasteiger charge is 2.43. The Balaban J connectivity index is 1.43. The molecule has 0 unspecified atom stereocenters. The Kier molecular flexibility index (Phi) is 6.51. The molecule has 0 amide bonds. The van der Waals surface area contributed by atoms with E-state index in [-0.39, 0.29) is 17.8 Å². The number of aromatic nitrogens is 2. The first-order chi connectivity index (χ1) is 18.5. The summed E-state index contributed by atoms with van der Waals surface area (Å²) in [6, 6.07) is 23.9. The number of ether oxygens (including phenoxy) is 1. The monoisotopic (exact) mass is 525 g/mol. The minimum atomic E-state index is -0.196. The van der Waals surface area contributed by atoms with E-state index in [1.165, 1.54) is 5.69 Å². The Labute approximate surface area is 228 Å². The molecule has 8 heteroatoms. The second-order valence-electron chi connectivity index (χ2n) is 9.76. The summed E-state index contributed by atoms with van der Waals surface area (Å²) >= 11 is 5.84. The molecule has 38 heavy (non-hydrogen) atoms. The molecular weight excluding hydrogens is 494 g/mol. The van der Waals surface area contributed by atoms with E-state index in [0.717, 1.165) is 54.6 Å². The van der Waals surface area contributed by atoms with Crippen molar-refractivity contribution >= 4 is 28.7 Å². The first kappa shape index (κ1) is 24.5. The predicted octanol–water partition coefficient (Wildman–Crippen LogP) is 5.21. The second kappa shape index (κ2) is 10.1. The van der Waals surface area contributed by atoms with Gasteiger partial charge in [0, 0.05) is 42.0 Å². The number of thiocarbonyl (C=S) groups is 1. The van der Waals surface area contributed by atoms with Gasteiger partial charge in [0.05, 0.1) is 36.7 Å². The third-order valence-electron chi connectivity index (χ3n) is 7.51. The zero-order chi connectivity index (χ0) is 26.2. The summed E-state index contributed by atoms with van der Waals surface area (Å²) in [6.07, 6.45) is 1.80. The maximum absolute atomic E-state index is 10.8. The minimum absolute atomic E-state index is 0.180. The van der Waals surface area contributed by atoms with Gasteiger partial charge < -0.3 is 29.5 Å². The first-order valence-corrected chi connectivity index (χ1v) is 13.3. The van der Waals surface area contributed by atoms with Crippen LogP contribution in [0.1, 0.15) is 34.7 Å². The molecule has 194 valence electrons. The highest BCUT2D eigenvalue weighted by atomic mass is 32.1. The number of hydrogen-bond acceptors (Lipinski definition) is 5. The summed E-state index contributed by atoms with van der Waals surface area (Å²) < 4.78 is 7.80. The van der Waals surface area contributed by atoms with Gasteiger partial charge in [-0.25, -0.2) is 0 Å². The van der Waals surface area contributed by atoms with Crippen LogP contribution in [-0.2, 0) is 4.74 Å². The molecule has 2 atom stereocenters. The average molecular weight is 526 g/mol. The first-order valence-electron chi connectivity index (χ1n) is 12.9. The lowest BCUT2D eigenvalue weighted by Crippen LogP contribution is -2.36. The van der Waals surface area contributed by atoms with Crippen molar-refractivity contribution in [2.45, 2.75) is 25.9 Å². The zero-order valence-corrected chi connectivity index (χ0v) is 22.4. The van der Waals surface area contributed by atoms with Crippen molar-refractivity contribution in [1.82, 2.24) is 14.9 Å². The van der Waals surface area contributed by atoms with E-state index in [1.54, 1.807) is 12.3 Å². The molecule has 2 fully saturated rings. The average Bonchev–Trinajstić information content (AvgIpc) is 3.44. The minimum Gasteiger partial charge on any atom is -0.506 e. The number of pyridine rings is 1. The van der Waals surface area contributed by atoms with E-state index in [9.17, 15) is 5.11 Å². The Bertz CT molecular complexity index is 1450. The summed E-state index contributed by atoms with van der Waals surface area (Å²) in [6.45, 7) is 7.64. The Hall–Kier alpha value is -3.88. The molecule has 2 aromatic carbocycles. The van der Waals surface area contributed by atoms with Crippen LogP contribution in [0.4, 0.5) is 11.4 Å². The Morgan fingerprint density at radius 1 is 0.947 bits per heavy atom. The lowest BCUT2D eigenvalue weighted by atomic mass is 9.96. The van der Waals surface area contributed by atoms with Crippen LogP contribution in [0.5, 0.6) is 5.75 Å². The summed E-state index contributed by atoms with van der Waals surface area (Å²) in [5.74, 6) is 0.191. The molecule has 2 aliphatic heterocycles. The van der Waals surface area contributed by atoms with Crippen molar-refractivity contribution in [3.63, 3.8) is 0 Å². The van der Waals surface area contributed by atoms with Crippen LogP contribution >= 0.6 is 12.2 Å². The van der Waals surface area contributed by atoms with Gasteiger partial charge in [0.1, 0.15) is 5.75 Å². The number of nitrogens with zero attached hydrogens (tertiary/aromatic N) is 4.